The minimum absolute atomic E-state index is 0.0165. The van der Waals surface area contributed by atoms with Gasteiger partial charge in [-0.25, -0.2) is 8.78 Å². The molecule has 1 fully saturated rings. The van der Waals surface area contributed by atoms with Gasteiger partial charge in [-0.05, 0) is 75.5 Å². The van der Waals surface area contributed by atoms with Crippen molar-refractivity contribution in [2.45, 2.75) is 32.5 Å². The fourth-order valence-electron chi connectivity index (χ4n) is 3.47. The van der Waals surface area contributed by atoms with Gasteiger partial charge in [-0.3, -0.25) is 9.69 Å². The Morgan fingerprint density at radius 3 is 2.28 bits per heavy atom. The normalized spacial score (nSPS) is 20.0. The van der Waals surface area contributed by atoms with Gasteiger partial charge in [0.05, 0.1) is 8.95 Å². The van der Waals surface area contributed by atoms with Crippen molar-refractivity contribution in [1.82, 2.24) is 9.80 Å². The molecule has 0 N–H and O–H groups in total. The molecule has 3 rings (SSSR count). The van der Waals surface area contributed by atoms with E-state index in [1.807, 2.05) is 11.8 Å². The summed E-state index contributed by atoms with van der Waals surface area (Å²) in [4.78, 5) is 16.9. The predicted octanol–water partition coefficient (Wildman–Crippen LogP) is 4.99. The number of amides is 1. The molecule has 1 amide bonds. The molecule has 156 valence electrons. The Kier molecular flexibility index (Phi) is 7.29. The molecule has 0 saturated carbocycles. The Morgan fingerprint density at radius 2 is 1.66 bits per heavy atom. The van der Waals surface area contributed by atoms with Crippen molar-refractivity contribution in [2.24, 2.45) is 0 Å². The number of piperazine rings is 1. The molecule has 2 aromatic rings. The van der Waals surface area contributed by atoms with Crippen LogP contribution in [0.1, 0.15) is 19.4 Å². The van der Waals surface area contributed by atoms with Crippen LogP contribution >= 0.6 is 31.9 Å². The lowest BCUT2D eigenvalue weighted by molar-refractivity contribution is -0.139. The number of nitrogens with zero attached hydrogens (tertiary/aromatic N) is 2. The second-order valence-corrected chi connectivity index (χ2v) is 9.00. The standard InChI is InChI=1S/C21H22Br2F2N2O2/c1-13-10-27(14(2)9-26(13)11-15-3-5-16(24)6-4-15)20(28)12-29-21-18(22)7-17(25)8-19(21)23/h3-8,13-14H,9-12H2,1-2H3. The van der Waals surface area contributed by atoms with Crippen LogP contribution < -0.4 is 4.74 Å². The number of benzene rings is 2. The van der Waals surface area contributed by atoms with Crippen molar-refractivity contribution in [3.63, 3.8) is 0 Å². The molecule has 8 heteroatoms. The second kappa shape index (κ2) is 9.53. The highest BCUT2D eigenvalue weighted by Gasteiger charge is 2.32. The highest BCUT2D eigenvalue weighted by atomic mass is 79.9. The van der Waals surface area contributed by atoms with Crippen LogP contribution in [0.15, 0.2) is 45.3 Å². The highest BCUT2D eigenvalue weighted by Crippen LogP contribution is 2.34. The van der Waals surface area contributed by atoms with E-state index >= 15 is 0 Å². The maximum Gasteiger partial charge on any atom is 0.260 e. The number of ether oxygens (including phenoxy) is 1. The molecule has 4 nitrogen and oxygen atoms in total. The summed E-state index contributed by atoms with van der Waals surface area (Å²) in [6, 6.07) is 9.27. The number of hydrogen-bond acceptors (Lipinski definition) is 3. The van der Waals surface area contributed by atoms with Gasteiger partial charge in [-0.15, -0.1) is 0 Å². The van der Waals surface area contributed by atoms with Crippen molar-refractivity contribution in [1.29, 1.82) is 0 Å². The van der Waals surface area contributed by atoms with Crippen LogP contribution in [0.5, 0.6) is 5.75 Å². The summed E-state index contributed by atoms with van der Waals surface area (Å²) in [7, 11) is 0. The molecule has 1 aliphatic heterocycles. The van der Waals surface area contributed by atoms with Crippen LogP contribution in [0, 0.1) is 11.6 Å². The zero-order valence-electron chi connectivity index (χ0n) is 16.2. The smallest absolute Gasteiger partial charge is 0.260 e. The number of carbonyl (C=O) groups excluding carboxylic acids is 1. The van der Waals surface area contributed by atoms with Crippen molar-refractivity contribution in [3.05, 3.63) is 62.5 Å². The quantitative estimate of drug-likeness (QED) is 0.545. The second-order valence-electron chi connectivity index (χ2n) is 7.29. The average molecular weight is 532 g/mol. The van der Waals surface area contributed by atoms with Gasteiger partial charge in [0.15, 0.2) is 6.61 Å². The topological polar surface area (TPSA) is 32.8 Å². The number of carbonyl (C=O) groups is 1. The van der Waals surface area contributed by atoms with Crippen LogP contribution in [0.2, 0.25) is 0 Å². The molecule has 0 aromatic heterocycles. The monoisotopic (exact) mass is 530 g/mol. The van der Waals surface area contributed by atoms with E-state index < -0.39 is 5.82 Å². The zero-order chi connectivity index (χ0) is 21.1. The Morgan fingerprint density at radius 1 is 1.03 bits per heavy atom. The first-order valence-corrected chi connectivity index (χ1v) is 10.9. The van der Waals surface area contributed by atoms with Crippen molar-refractivity contribution >= 4 is 37.8 Å². The first kappa shape index (κ1) is 22.2. The van der Waals surface area contributed by atoms with E-state index in [2.05, 4.69) is 43.7 Å². The summed E-state index contributed by atoms with van der Waals surface area (Å²) in [6.07, 6.45) is 0. The van der Waals surface area contributed by atoms with Gasteiger partial charge in [0, 0.05) is 31.7 Å². The van der Waals surface area contributed by atoms with Crippen molar-refractivity contribution in [3.8, 4) is 5.75 Å². The Bertz CT molecular complexity index is 856. The van der Waals surface area contributed by atoms with Gasteiger partial charge < -0.3 is 9.64 Å². The molecule has 0 spiro atoms. The van der Waals surface area contributed by atoms with E-state index in [-0.39, 0.29) is 30.4 Å². The summed E-state index contributed by atoms with van der Waals surface area (Å²) in [6.45, 7) is 5.96. The highest BCUT2D eigenvalue weighted by molar-refractivity contribution is 9.11. The molecule has 2 aromatic carbocycles. The van der Waals surface area contributed by atoms with Crippen LogP contribution in [0.25, 0.3) is 0 Å². The molecule has 2 unspecified atom stereocenters. The molecule has 0 aliphatic carbocycles. The molecule has 2 atom stereocenters. The van der Waals surface area contributed by atoms with E-state index in [0.29, 0.717) is 34.3 Å². The lowest BCUT2D eigenvalue weighted by Crippen LogP contribution is -2.58. The van der Waals surface area contributed by atoms with Gasteiger partial charge in [0.1, 0.15) is 17.4 Å². The van der Waals surface area contributed by atoms with E-state index in [4.69, 9.17) is 4.74 Å². The Balaban J connectivity index is 1.59. The fraction of sp³-hybridized carbons (Fsp3) is 0.381. The zero-order valence-corrected chi connectivity index (χ0v) is 19.3. The summed E-state index contributed by atoms with van der Waals surface area (Å²) in [5, 5.41) is 0. The van der Waals surface area contributed by atoms with E-state index in [9.17, 15) is 13.6 Å². The summed E-state index contributed by atoms with van der Waals surface area (Å²) >= 11 is 6.52. The molecule has 0 radical (unpaired) electrons. The van der Waals surface area contributed by atoms with E-state index in [0.717, 1.165) is 5.56 Å². The minimum Gasteiger partial charge on any atom is -0.481 e. The molecule has 1 saturated heterocycles. The Hall–Kier alpha value is -1.51. The van der Waals surface area contributed by atoms with Crippen LogP contribution in [-0.4, -0.2) is 47.5 Å². The third-order valence-electron chi connectivity index (χ3n) is 5.04. The molecule has 0 bridgehead atoms. The van der Waals surface area contributed by atoms with Gasteiger partial charge in [0.2, 0.25) is 0 Å². The fourth-order valence-corrected chi connectivity index (χ4v) is 4.83. The molecule has 1 heterocycles. The first-order chi connectivity index (χ1) is 13.7. The van der Waals surface area contributed by atoms with Crippen LogP contribution in [0.4, 0.5) is 8.78 Å². The third-order valence-corrected chi connectivity index (χ3v) is 6.22. The van der Waals surface area contributed by atoms with Crippen LogP contribution in [0.3, 0.4) is 0 Å². The van der Waals surface area contributed by atoms with Gasteiger partial charge in [-0.2, -0.15) is 0 Å². The SMILES string of the molecule is CC1CN(C(=O)COc2c(Br)cc(F)cc2Br)C(C)CN1Cc1ccc(F)cc1. The van der Waals surface area contributed by atoms with Crippen LogP contribution in [-0.2, 0) is 11.3 Å². The molecular formula is C21H22Br2F2N2O2. The van der Waals surface area contributed by atoms with Gasteiger partial charge >= 0.3 is 0 Å². The predicted molar refractivity (Wildman–Crippen MR) is 115 cm³/mol. The molecular weight excluding hydrogens is 510 g/mol. The number of hydrogen-bond donors (Lipinski definition) is 0. The Labute approximate surface area is 186 Å². The van der Waals surface area contributed by atoms with Crippen molar-refractivity contribution < 1.29 is 18.3 Å². The average Bonchev–Trinajstić information content (AvgIpc) is 2.65. The summed E-state index contributed by atoms with van der Waals surface area (Å²) in [5.41, 5.74) is 1.04. The first-order valence-electron chi connectivity index (χ1n) is 9.30. The van der Waals surface area contributed by atoms with Gasteiger partial charge in [0.25, 0.3) is 5.91 Å². The minimum atomic E-state index is -0.401. The van der Waals surface area contributed by atoms with E-state index in [1.54, 1.807) is 12.1 Å². The third kappa shape index (κ3) is 5.55. The molecule has 29 heavy (non-hydrogen) atoms. The maximum absolute atomic E-state index is 13.4. The summed E-state index contributed by atoms with van der Waals surface area (Å²) in [5.74, 6) is -0.364. The lowest BCUT2D eigenvalue weighted by atomic mass is 10.1. The number of rotatable bonds is 5. The molecule has 1 aliphatic rings. The lowest BCUT2D eigenvalue weighted by Gasteiger charge is -2.44. The summed E-state index contributed by atoms with van der Waals surface area (Å²) < 4.78 is 33.1. The number of halogens is 4. The van der Waals surface area contributed by atoms with Gasteiger partial charge in [-0.1, -0.05) is 12.1 Å². The maximum atomic E-state index is 13.4. The van der Waals surface area contributed by atoms with Crippen molar-refractivity contribution in [2.75, 3.05) is 19.7 Å². The van der Waals surface area contributed by atoms with E-state index in [1.165, 1.54) is 24.3 Å². The largest absolute Gasteiger partial charge is 0.481 e.